The van der Waals surface area contributed by atoms with Gasteiger partial charge in [-0.05, 0) is 5.56 Å². The zero-order valence-electron chi connectivity index (χ0n) is 10.1. The van der Waals surface area contributed by atoms with E-state index in [1.807, 2.05) is 30.3 Å². The molecule has 1 aromatic carbocycles. The van der Waals surface area contributed by atoms with Crippen LogP contribution in [0.15, 0.2) is 30.3 Å². The van der Waals surface area contributed by atoms with Crippen LogP contribution in [0.5, 0.6) is 0 Å². The number of hydrogen-bond acceptors (Lipinski definition) is 4. The van der Waals surface area contributed by atoms with Crippen LogP contribution < -0.4 is 11.1 Å². The summed E-state index contributed by atoms with van der Waals surface area (Å²) in [6, 6.07) is 8.82. The Hall–Kier alpha value is -1.59. The number of halogens is 1. The number of amides is 1. The van der Waals surface area contributed by atoms with Gasteiger partial charge in [0.25, 0.3) is 0 Å². The van der Waals surface area contributed by atoms with Gasteiger partial charge in [0.15, 0.2) is 0 Å². The number of methoxy groups -OCH3 is 1. The van der Waals surface area contributed by atoms with Crippen molar-refractivity contribution in [1.29, 1.82) is 0 Å². The maximum atomic E-state index is 11.3. The number of rotatable bonds is 5. The number of carbonyl (C=O) groups excluding carboxylic acids is 2. The highest BCUT2D eigenvalue weighted by molar-refractivity contribution is 5.85. The molecule has 0 saturated carbocycles. The number of benzene rings is 1. The lowest BCUT2D eigenvalue weighted by Gasteiger charge is -2.17. The van der Waals surface area contributed by atoms with Crippen LogP contribution in [0.4, 0.5) is 0 Å². The average Bonchev–Trinajstić information content (AvgIpc) is 2.38. The molecule has 1 aromatic rings. The molecule has 6 heteroatoms. The Morgan fingerprint density at radius 3 is 2.44 bits per heavy atom. The van der Waals surface area contributed by atoms with Gasteiger partial charge in [-0.2, -0.15) is 0 Å². The molecule has 0 aliphatic carbocycles. The third-order valence-electron chi connectivity index (χ3n) is 2.32. The maximum Gasteiger partial charge on any atom is 0.307 e. The van der Waals surface area contributed by atoms with E-state index in [4.69, 9.17) is 5.73 Å². The lowest BCUT2D eigenvalue weighted by atomic mass is 10.0. The molecule has 1 rings (SSSR count). The third kappa shape index (κ3) is 5.16. The Balaban J connectivity index is 0.00000289. The summed E-state index contributed by atoms with van der Waals surface area (Å²) in [6.45, 7) is -0.107. The quantitative estimate of drug-likeness (QED) is 0.777. The average molecular weight is 273 g/mol. The molecule has 1 amide bonds. The minimum absolute atomic E-state index is 0. The Labute approximate surface area is 112 Å². The third-order valence-corrected chi connectivity index (χ3v) is 2.32. The molecule has 18 heavy (non-hydrogen) atoms. The number of ether oxygens (including phenoxy) is 1. The highest BCUT2D eigenvalue weighted by Gasteiger charge is 2.17. The van der Waals surface area contributed by atoms with Crippen LogP contribution in [0.3, 0.4) is 0 Å². The van der Waals surface area contributed by atoms with Crippen molar-refractivity contribution in [3.05, 3.63) is 35.9 Å². The molecule has 1 atom stereocenters. The van der Waals surface area contributed by atoms with Crippen molar-refractivity contribution in [3.63, 3.8) is 0 Å². The molecular weight excluding hydrogens is 256 g/mol. The SMILES string of the molecule is COC(=O)CC(NC(=O)CN)c1ccccc1.Cl. The summed E-state index contributed by atoms with van der Waals surface area (Å²) in [4.78, 5) is 22.5. The van der Waals surface area contributed by atoms with Gasteiger partial charge in [-0.25, -0.2) is 0 Å². The number of esters is 1. The van der Waals surface area contributed by atoms with Gasteiger partial charge in [-0.1, -0.05) is 30.3 Å². The van der Waals surface area contributed by atoms with Crippen LogP contribution in [0.25, 0.3) is 0 Å². The van der Waals surface area contributed by atoms with E-state index in [-0.39, 0.29) is 37.2 Å². The Bertz CT molecular complexity index is 366. The monoisotopic (exact) mass is 272 g/mol. The summed E-state index contributed by atoms with van der Waals surface area (Å²) < 4.78 is 4.60. The van der Waals surface area contributed by atoms with Crippen LogP contribution in [-0.4, -0.2) is 25.5 Å². The normalized spacial score (nSPS) is 11.0. The molecule has 3 N–H and O–H groups in total. The van der Waals surface area contributed by atoms with Crippen LogP contribution in [0.2, 0.25) is 0 Å². The minimum Gasteiger partial charge on any atom is -0.469 e. The lowest BCUT2D eigenvalue weighted by Crippen LogP contribution is -2.34. The van der Waals surface area contributed by atoms with Crippen molar-refractivity contribution in [2.24, 2.45) is 5.73 Å². The molecular formula is C12H17ClN2O3. The summed E-state index contributed by atoms with van der Waals surface area (Å²) in [7, 11) is 1.31. The molecule has 0 aliphatic rings. The van der Waals surface area contributed by atoms with Crippen LogP contribution in [0, 0.1) is 0 Å². The van der Waals surface area contributed by atoms with Crippen molar-refractivity contribution >= 4 is 24.3 Å². The molecule has 0 heterocycles. The predicted molar refractivity (Wildman–Crippen MR) is 70.3 cm³/mol. The van der Waals surface area contributed by atoms with E-state index in [0.717, 1.165) is 5.56 Å². The van der Waals surface area contributed by atoms with E-state index in [9.17, 15) is 9.59 Å². The standard InChI is InChI=1S/C12H16N2O3.ClH/c1-17-12(16)7-10(14-11(15)8-13)9-5-3-2-4-6-9;/h2-6,10H,7-8,13H2,1H3,(H,14,15);1H. The van der Waals surface area contributed by atoms with Crippen LogP contribution >= 0.6 is 12.4 Å². The first kappa shape index (κ1) is 16.4. The zero-order valence-corrected chi connectivity index (χ0v) is 10.9. The topological polar surface area (TPSA) is 81.4 Å². The summed E-state index contributed by atoms with van der Waals surface area (Å²) in [5.41, 5.74) is 6.08. The number of hydrogen-bond donors (Lipinski definition) is 2. The number of nitrogens with one attached hydrogen (secondary N) is 1. The van der Waals surface area contributed by atoms with E-state index >= 15 is 0 Å². The summed E-state index contributed by atoms with van der Waals surface area (Å²) >= 11 is 0. The molecule has 0 radical (unpaired) electrons. The summed E-state index contributed by atoms with van der Waals surface area (Å²) in [6.07, 6.45) is 0.0895. The zero-order chi connectivity index (χ0) is 12.7. The Kier molecular flexibility index (Phi) is 7.74. The molecule has 0 aliphatic heterocycles. The van der Waals surface area contributed by atoms with Crippen molar-refractivity contribution in [3.8, 4) is 0 Å². The van der Waals surface area contributed by atoms with E-state index < -0.39 is 6.04 Å². The van der Waals surface area contributed by atoms with Crippen LogP contribution in [0.1, 0.15) is 18.0 Å². The number of carbonyl (C=O) groups is 2. The largest absolute Gasteiger partial charge is 0.469 e. The summed E-state index contributed by atoms with van der Waals surface area (Å²) in [5, 5.41) is 2.68. The smallest absolute Gasteiger partial charge is 0.307 e. The molecule has 5 nitrogen and oxygen atoms in total. The fraction of sp³-hybridized carbons (Fsp3) is 0.333. The van der Waals surface area contributed by atoms with E-state index in [1.165, 1.54) is 7.11 Å². The molecule has 0 bridgehead atoms. The van der Waals surface area contributed by atoms with Crippen molar-refractivity contribution < 1.29 is 14.3 Å². The van der Waals surface area contributed by atoms with E-state index in [0.29, 0.717) is 0 Å². The van der Waals surface area contributed by atoms with Gasteiger partial charge in [0.1, 0.15) is 0 Å². The molecule has 100 valence electrons. The van der Waals surface area contributed by atoms with Gasteiger partial charge < -0.3 is 15.8 Å². The van der Waals surface area contributed by atoms with Crippen molar-refractivity contribution in [1.82, 2.24) is 5.32 Å². The highest BCUT2D eigenvalue weighted by Crippen LogP contribution is 2.16. The first-order valence-corrected chi connectivity index (χ1v) is 5.28. The van der Waals surface area contributed by atoms with Gasteiger partial charge in [0.05, 0.1) is 26.1 Å². The van der Waals surface area contributed by atoms with Crippen molar-refractivity contribution in [2.75, 3.05) is 13.7 Å². The van der Waals surface area contributed by atoms with Crippen molar-refractivity contribution in [2.45, 2.75) is 12.5 Å². The number of nitrogens with two attached hydrogens (primary N) is 1. The lowest BCUT2D eigenvalue weighted by molar-refractivity contribution is -0.141. The van der Waals surface area contributed by atoms with Gasteiger partial charge in [0, 0.05) is 0 Å². The summed E-state index contributed by atoms with van der Waals surface area (Å²) in [5.74, 6) is -0.682. The fourth-order valence-electron chi connectivity index (χ4n) is 1.44. The molecule has 0 saturated heterocycles. The Morgan fingerprint density at radius 2 is 1.94 bits per heavy atom. The van der Waals surface area contributed by atoms with Gasteiger partial charge in [-0.15, -0.1) is 12.4 Å². The van der Waals surface area contributed by atoms with E-state index in [1.54, 1.807) is 0 Å². The molecule has 0 aromatic heterocycles. The first-order valence-electron chi connectivity index (χ1n) is 5.28. The highest BCUT2D eigenvalue weighted by atomic mass is 35.5. The van der Waals surface area contributed by atoms with Gasteiger partial charge in [0.2, 0.25) is 5.91 Å². The van der Waals surface area contributed by atoms with Crippen LogP contribution in [-0.2, 0) is 14.3 Å². The predicted octanol–water partition coefficient (Wildman–Crippen LogP) is 0.788. The fourth-order valence-corrected chi connectivity index (χ4v) is 1.44. The Morgan fingerprint density at radius 1 is 1.33 bits per heavy atom. The van der Waals surface area contributed by atoms with E-state index in [2.05, 4.69) is 10.1 Å². The second kappa shape index (κ2) is 8.49. The molecule has 1 unspecified atom stereocenters. The molecule has 0 spiro atoms. The van der Waals surface area contributed by atoms with Gasteiger partial charge >= 0.3 is 5.97 Å². The molecule has 0 fully saturated rings. The second-order valence-electron chi connectivity index (χ2n) is 3.52. The minimum atomic E-state index is -0.403. The maximum absolute atomic E-state index is 11.3. The first-order chi connectivity index (χ1) is 8.17. The van der Waals surface area contributed by atoms with Gasteiger partial charge in [-0.3, -0.25) is 9.59 Å². The second-order valence-corrected chi connectivity index (χ2v) is 3.52.